The lowest BCUT2D eigenvalue weighted by molar-refractivity contribution is -0.144. The molecule has 1 aromatic heterocycles. The van der Waals surface area contributed by atoms with E-state index in [1.165, 1.54) is 22.8 Å². The summed E-state index contributed by atoms with van der Waals surface area (Å²) < 4.78 is 28.5. The highest BCUT2D eigenvalue weighted by Gasteiger charge is 2.55. The normalized spacial score (nSPS) is 27.8. The number of carbonyl (C=O) groups is 3. The molecule has 0 saturated heterocycles. The van der Waals surface area contributed by atoms with Crippen molar-refractivity contribution in [2.45, 2.75) is 71.1 Å². The molecule has 0 aliphatic heterocycles. The van der Waals surface area contributed by atoms with Crippen molar-refractivity contribution < 1.29 is 28.3 Å². The fourth-order valence-electron chi connectivity index (χ4n) is 7.34. The number of aliphatic hydroxyl groups is 1. The maximum absolute atomic E-state index is 13.6. The van der Waals surface area contributed by atoms with Gasteiger partial charge in [0.05, 0.1) is 23.4 Å². The minimum atomic E-state index is -0.807. The maximum Gasteiger partial charge on any atom is 0.294 e. The Morgan fingerprint density at radius 3 is 2.38 bits per heavy atom. The number of benzene rings is 1. The van der Waals surface area contributed by atoms with Crippen LogP contribution in [0.5, 0.6) is 0 Å². The minimum Gasteiger partial charge on any atom is -0.390 e. The largest absolute Gasteiger partial charge is 0.390 e. The summed E-state index contributed by atoms with van der Waals surface area (Å²) in [6.45, 7) is 3.82. The standard InChI is InChI=1S/C28H33F2N3O4/c1-14-8-20(4-5-21(14)30)31-26(35)22-15(2)24(33(7-6-29)16(22)3)25(34)27(36)32-23-18-9-17-10-19(23)13-28(37,11-17)12-18/h4-5,8,17-19,23,37H,6-7,9-13H2,1-3H3,(H,31,35)(H,32,36)/t17?,18-,19+,23?,28?. The van der Waals surface area contributed by atoms with Crippen LogP contribution in [0.4, 0.5) is 14.5 Å². The predicted octanol–water partition coefficient (Wildman–Crippen LogP) is 4.01. The van der Waals surface area contributed by atoms with Crippen LogP contribution in [0.1, 0.15) is 69.8 Å². The van der Waals surface area contributed by atoms with Gasteiger partial charge in [0.25, 0.3) is 17.6 Å². The van der Waals surface area contributed by atoms with Gasteiger partial charge in [0.15, 0.2) is 0 Å². The first-order chi connectivity index (χ1) is 17.5. The van der Waals surface area contributed by atoms with Gasteiger partial charge in [-0.3, -0.25) is 14.4 Å². The maximum atomic E-state index is 13.6. The summed E-state index contributed by atoms with van der Waals surface area (Å²) >= 11 is 0. The second-order valence-corrected chi connectivity index (χ2v) is 11.2. The lowest BCUT2D eigenvalue weighted by Gasteiger charge is -2.58. The fraction of sp³-hybridized carbons (Fsp3) is 0.536. The van der Waals surface area contributed by atoms with Crippen LogP contribution in [0.2, 0.25) is 0 Å². The molecule has 4 aliphatic rings. The van der Waals surface area contributed by atoms with Crippen molar-refractivity contribution >= 4 is 23.3 Å². The Morgan fingerprint density at radius 2 is 1.78 bits per heavy atom. The molecule has 198 valence electrons. The second kappa shape index (κ2) is 9.35. The van der Waals surface area contributed by atoms with Gasteiger partial charge in [-0.25, -0.2) is 8.78 Å². The molecular formula is C28H33F2N3O4. The Hall–Kier alpha value is -3.07. The molecule has 37 heavy (non-hydrogen) atoms. The Labute approximate surface area is 214 Å². The van der Waals surface area contributed by atoms with Crippen molar-refractivity contribution in [3.05, 3.63) is 52.1 Å². The number of rotatable bonds is 7. The molecule has 6 rings (SSSR count). The summed E-state index contributed by atoms with van der Waals surface area (Å²) in [5, 5.41) is 16.5. The van der Waals surface area contributed by atoms with Gasteiger partial charge in [0, 0.05) is 17.4 Å². The predicted molar refractivity (Wildman–Crippen MR) is 134 cm³/mol. The molecule has 0 radical (unpaired) electrons. The first kappa shape index (κ1) is 25.6. The van der Waals surface area contributed by atoms with E-state index in [1.54, 1.807) is 20.8 Å². The highest BCUT2D eigenvalue weighted by Crippen LogP contribution is 2.55. The summed E-state index contributed by atoms with van der Waals surface area (Å²) in [5.74, 6) is -1.77. The first-order valence-electron chi connectivity index (χ1n) is 12.9. The molecule has 1 heterocycles. The molecule has 4 bridgehead atoms. The van der Waals surface area contributed by atoms with Crippen LogP contribution in [0, 0.1) is 44.3 Å². The number of alkyl halides is 1. The van der Waals surface area contributed by atoms with Crippen molar-refractivity contribution in [1.29, 1.82) is 0 Å². The van der Waals surface area contributed by atoms with E-state index >= 15 is 0 Å². The summed E-state index contributed by atoms with van der Waals surface area (Å²) in [6, 6.07) is 4.01. The Kier molecular flexibility index (Phi) is 6.46. The van der Waals surface area contributed by atoms with Gasteiger partial charge in [0.1, 0.15) is 12.5 Å². The van der Waals surface area contributed by atoms with Crippen LogP contribution in [0.15, 0.2) is 18.2 Å². The summed E-state index contributed by atoms with van der Waals surface area (Å²) in [5.41, 5.74) is 0.942. The van der Waals surface area contributed by atoms with Crippen LogP contribution in [-0.2, 0) is 11.3 Å². The molecule has 1 aromatic carbocycles. The van der Waals surface area contributed by atoms with E-state index < -0.39 is 35.7 Å². The smallest absolute Gasteiger partial charge is 0.294 e. The third kappa shape index (κ3) is 4.47. The monoisotopic (exact) mass is 513 g/mol. The number of nitrogens with zero attached hydrogens (tertiary/aromatic N) is 1. The van der Waals surface area contributed by atoms with E-state index in [4.69, 9.17) is 0 Å². The number of anilines is 1. The topological polar surface area (TPSA) is 100 Å². The van der Waals surface area contributed by atoms with E-state index in [-0.39, 0.29) is 35.7 Å². The summed E-state index contributed by atoms with van der Waals surface area (Å²) in [4.78, 5) is 39.8. The molecule has 3 N–H and O–H groups in total. The molecule has 4 aliphatic carbocycles. The van der Waals surface area contributed by atoms with Gasteiger partial charge in [0.2, 0.25) is 0 Å². The minimum absolute atomic E-state index is 0.00414. The molecule has 7 nitrogen and oxygen atoms in total. The lowest BCUT2D eigenvalue weighted by Crippen LogP contribution is -2.62. The zero-order valence-corrected chi connectivity index (χ0v) is 21.4. The summed E-state index contributed by atoms with van der Waals surface area (Å²) in [6.07, 6.45) is 3.94. The SMILES string of the molecule is Cc1cc(NC(=O)c2c(C)c(C(=O)C(=O)NC3[C@@H]4CC5C[C@H]3CC(O)(C5)C4)n(CCF)c2C)ccc1F. The van der Waals surface area contributed by atoms with E-state index in [2.05, 4.69) is 10.6 Å². The van der Waals surface area contributed by atoms with Crippen molar-refractivity contribution in [2.24, 2.45) is 17.8 Å². The van der Waals surface area contributed by atoms with Crippen LogP contribution in [-0.4, -0.2) is 45.6 Å². The quantitative estimate of drug-likeness (QED) is 0.385. The average molecular weight is 514 g/mol. The van der Waals surface area contributed by atoms with Gasteiger partial charge in [-0.05, 0) is 100.0 Å². The molecule has 4 fully saturated rings. The number of amides is 2. The number of aromatic nitrogens is 1. The van der Waals surface area contributed by atoms with Crippen molar-refractivity contribution in [3.63, 3.8) is 0 Å². The van der Waals surface area contributed by atoms with Gasteiger partial charge in [-0.1, -0.05) is 0 Å². The highest BCUT2D eigenvalue weighted by molar-refractivity contribution is 6.43. The molecule has 5 atom stereocenters. The third-order valence-corrected chi connectivity index (χ3v) is 8.68. The molecule has 9 heteroatoms. The van der Waals surface area contributed by atoms with Crippen molar-refractivity contribution in [3.8, 4) is 0 Å². The zero-order valence-electron chi connectivity index (χ0n) is 21.4. The second-order valence-electron chi connectivity index (χ2n) is 11.2. The number of Topliss-reactive ketones (excluding diaryl/α,β-unsaturated/α-hetero) is 1. The third-order valence-electron chi connectivity index (χ3n) is 8.68. The Morgan fingerprint density at radius 1 is 1.11 bits per heavy atom. The first-order valence-corrected chi connectivity index (χ1v) is 12.9. The van der Waals surface area contributed by atoms with E-state index in [0.717, 1.165) is 19.3 Å². The molecule has 0 spiro atoms. The van der Waals surface area contributed by atoms with Gasteiger partial charge < -0.3 is 20.3 Å². The van der Waals surface area contributed by atoms with Gasteiger partial charge >= 0.3 is 0 Å². The highest BCUT2D eigenvalue weighted by atomic mass is 19.1. The summed E-state index contributed by atoms with van der Waals surface area (Å²) in [7, 11) is 0. The number of halogens is 2. The average Bonchev–Trinajstić information content (AvgIpc) is 3.06. The van der Waals surface area contributed by atoms with E-state index in [0.29, 0.717) is 41.3 Å². The van der Waals surface area contributed by atoms with Crippen LogP contribution in [0.25, 0.3) is 0 Å². The van der Waals surface area contributed by atoms with Gasteiger partial charge in [-0.2, -0.15) is 0 Å². The molecular weight excluding hydrogens is 480 g/mol. The molecule has 2 aromatic rings. The van der Waals surface area contributed by atoms with Gasteiger partial charge in [-0.15, -0.1) is 0 Å². The van der Waals surface area contributed by atoms with E-state index in [1.807, 2.05) is 0 Å². The van der Waals surface area contributed by atoms with Crippen LogP contribution >= 0.6 is 0 Å². The number of hydrogen-bond donors (Lipinski definition) is 3. The van der Waals surface area contributed by atoms with Crippen molar-refractivity contribution in [2.75, 3.05) is 12.0 Å². The van der Waals surface area contributed by atoms with Crippen LogP contribution in [0.3, 0.4) is 0 Å². The van der Waals surface area contributed by atoms with E-state index in [9.17, 15) is 28.3 Å². The molecule has 2 amide bonds. The molecule has 4 saturated carbocycles. The number of aryl methyl sites for hydroxylation is 1. The molecule has 3 unspecified atom stereocenters. The zero-order chi connectivity index (χ0) is 26.6. The lowest BCUT2D eigenvalue weighted by atomic mass is 9.52. The number of hydrogen-bond acceptors (Lipinski definition) is 4. The number of nitrogens with one attached hydrogen (secondary N) is 2. The van der Waals surface area contributed by atoms with Crippen molar-refractivity contribution in [1.82, 2.24) is 9.88 Å². The number of carbonyl (C=O) groups excluding carboxylic acids is 3. The van der Waals surface area contributed by atoms with Crippen LogP contribution < -0.4 is 10.6 Å². The fourth-order valence-corrected chi connectivity index (χ4v) is 7.34. The Balaban J connectivity index is 1.39. The Bertz CT molecular complexity index is 1270. The number of ketones is 1.